The molecule has 0 atom stereocenters. The lowest BCUT2D eigenvalue weighted by Crippen LogP contribution is -2.37. The van der Waals surface area contributed by atoms with Crippen molar-refractivity contribution < 1.29 is 9.11 Å². The van der Waals surface area contributed by atoms with Crippen molar-refractivity contribution in [2.45, 2.75) is 38.1 Å². The van der Waals surface area contributed by atoms with Gasteiger partial charge in [-0.15, -0.1) is 10.8 Å². The van der Waals surface area contributed by atoms with Crippen LogP contribution in [0.15, 0.2) is 29.2 Å². The van der Waals surface area contributed by atoms with Crippen LogP contribution in [-0.4, -0.2) is 14.6 Å². The van der Waals surface area contributed by atoms with E-state index >= 15 is 0 Å². The zero-order valence-electron chi connectivity index (χ0n) is 9.61. The molecule has 4 heteroatoms. The Balaban J connectivity index is 2.90. The summed E-state index contributed by atoms with van der Waals surface area (Å²) < 4.78 is 22.7. The number of hydrogen-bond acceptors (Lipinski definition) is 3. The molecule has 0 aliphatic rings. The molecule has 0 radical (unpaired) electrons. The molecule has 0 spiro atoms. The van der Waals surface area contributed by atoms with Gasteiger partial charge in [0.1, 0.15) is 0 Å². The third kappa shape index (κ3) is 3.83. The van der Waals surface area contributed by atoms with E-state index in [9.17, 15) is 9.11 Å². The lowest BCUT2D eigenvalue weighted by molar-refractivity contribution is 0.422. The molecule has 0 unspecified atom stereocenters. The van der Waals surface area contributed by atoms with Gasteiger partial charge in [-0.3, -0.25) is 9.11 Å². The second kappa shape index (κ2) is 4.14. The van der Waals surface area contributed by atoms with Gasteiger partial charge in [0, 0.05) is 5.54 Å². The van der Waals surface area contributed by atoms with E-state index < -0.39 is 10.8 Å². The Bertz CT molecular complexity index is 327. The zero-order chi connectivity index (χ0) is 11.7. The Hall–Kier alpha value is -0.550. The highest BCUT2D eigenvalue weighted by Gasteiger charge is 2.22. The van der Waals surface area contributed by atoms with E-state index in [-0.39, 0.29) is 5.54 Å². The molecule has 3 nitrogen and oxygen atoms in total. The minimum Gasteiger partial charge on any atom is -0.281 e. The summed E-state index contributed by atoms with van der Waals surface area (Å²) in [6.45, 7) is 7.66. The Labute approximate surface area is 93.0 Å². The lowest BCUT2D eigenvalue weighted by Gasteiger charge is -2.39. The van der Waals surface area contributed by atoms with Crippen molar-refractivity contribution >= 4 is 10.8 Å². The lowest BCUT2D eigenvalue weighted by atomic mass is 10.1. The SMILES string of the molecule is Cc1ccc(S(O)(O)NC(C)(C)C)cc1. The van der Waals surface area contributed by atoms with E-state index in [4.69, 9.17) is 0 Å². The maximum Gasteiger partial charge on any atom is 0.0750 e. The summed E-state index contributed by atoms with van der Waals surface area (Å²) in [5, 5.41) is 0. The maximum absolute atomic E-state index is 9.94. The molecule has 1 aromatic rings. The van der Waals surface area contributed by atoms with E-state index in [0.717, 1.165) is 5.56 Å². The van der Waals surface area contributed by atoms with Crippen LogP contribution < -0.4 is 4.72 Å². The van der Waals surface area contributed by atoms with Gasteiger partial charge in [0.15, 0.2) is 0 Å². The standard InChI is InChI=1S/C11H19NO2S/c1-9-5-7-10(8-6-9)15(13,14)12-11(2,3)4/h5-8,12-14H,1-4H3. The third-order valence-electron chi connectivity index (χ3n) is 1.80. The van der Waals surface area contributed by atoms with Crippen LogP contribution in [0.25, 0.3) is 0 Å². The Morgan fingerprint density at radius 1 is 1.07 bits per heavy atom. The highest BCUT2D eigenvalue weighted by molar-refractivity contribution is 8.22. The van der Waals surface area contributed by atoms with Crippen LogP contribution in [0.5, 0.6) is 0 Å². The van der Waals surface area contributed by atoms with Gasteiger partial charge in [-0.05, 0) is 39.8 Å². The minimum atomic E-state index is -2.88. The molecule has 1 aromatic carbocycles. The molecule has 0 fully saturated rings. The van der Waals surface area contributed by atoms with Crippen LogP contribution >= 0.6 is 10.8 Å². The van der Waals surface area contributed by atoms with Crippen molar-refractivity contribution in [1.82, 2.24) is 4.72 Å². The van der Waals surface area contributed by atoms with E-state index in [1.54, 1.807) is 12.1 Å². The average Bonchev–Trinajstić information content (AvgIpc) is 2.00. The monoisotopic (exact) mass is 229 g/mol. The number of aryl methyl sites for hydroxylation is 1. The normalized spacial score (nSPS) is 14.0. The Kier molecular flexibility index (Phi) is 3.45. The molecular weight excluding hydrogens is 210 g/mol. The van der Waals surface area contributed by atoms with Gasteiger partial charge in [0.2, 0.25) is 0 Å². The van der Waals surface area contributed by atoms with Crippen molar-refractivity contribution in [2.24, 2.45) is 0 Å². The molecule has 0 aromatic heterocycles. The van der Waals surface area contributed by atoms with Gasteiger partial charge in [-0.1, -0.05) is 17.7 Å². The van der Waals surface area contributed by atoms with E-state index in [2.05, 4.69) is 4.72 Å². The van der Waals surface area contributed by atoms with Crippen LogP contribution in [0.4, 0.5) is 0 Å². The van der Waals surface area contributed by atoms with Crippen LogP contribution in [-0.2, 0) is 0 Å². The number of hydrogen-bond donors (Lipinski definition) is 3. The van der Waals surface area contributed by atoms with Gasteiger partial charge in [0.05, 0.1) is 4.90 Å². The molecule has 15 heavy (non-hydrogen) atoms. The molecule has 86 valence electrons. The number of nitrogens with one attached hydrogen (secondary N) is 1. The average molecular weight is 229 g/mol. The van der Waals surface area contributed by atoms with Gasteiger partial charge >= 0.3 is 0 Å². The molecule has 0 aliphatic carbocycles. The van der Waals surface area contributed by atoms with Crippen molar-refractivity contribution in [1.29, 1.82) is 0 Å². The predicted molar refractivity (Wildman–Crippen MR) is 65.2 cm³/mol. The first kappa shape index (κ1) is 12.5. The smallest absolute Gasteiger partial charge is 0.0750 e. The topological polar surface area (TPSA) is 52.5 Å². The van der Waals surface area contributed by atoms with Gasteiger partial charge < -0.3 is 0 Å². The largest absolute Gasteiger partial charge is 0.281 e. The second-order valence-corrected chi connectivity index (χ2v) is 6.49. The molecule has 3 N–H and O–H groups in total. The summed E-state index contributed by atoms with van der Waals surface area (Å²) >= 11 is 0. The molecular formula is C11H19NO2S. The van der Waals surface area contributed by atoms with Gasteiger partial charge in [-0.25, -0.2) is 4.72 Å². The molecule has 0 amide bonds. The molecule has 0 saturated carbocycles. The van der Waals surface area contributed by atoms with Crippen molar-refractivity contribution in [3.05, 3.63) is 29.8 Å². The summed E-state index contributed by atoms with van der Waals surface area (Å²) in [5.41, 5.74) is 0.772. The molecule has 0 heterocycles. The Morgan fingerprint density at radius 2 is 1.53 bits per heavy atom. The first-order valence-corrected chi connectivity index (χ1v) is 6.39. The summed E-state index contributed by atoms with van der Waals surface area (Å²) in [6, 6.07) is 7.22. The fourth-order valence-electron chi connectivity index (χ4n) is 1.21. The summed E-state index contributed by atoms with van der Waals surface area (Å²) in [7, 11) is -2.88. The van der Waals surface area contributed by atoms with Crippen molar-refractivity contribution in [2.75, 3.05) is 0 Å². The predicted octanol–water partition coefficient (Wildman–Crippen LogP) is 3.41. The van der Waals surface area contributed by atoms with E-state index in [1.165, 1.54) is 0 Å². The molecule has 0 saturated heterocycles. The van der Waals surface area contributed by atoms with Crippen LogP contribution in [0, 0.1) is 6.92 Å². The van der Waals surface area contributed by atoms with Crippen LogP contribution in [0.1, 0.15) is 26.3 Å². The highest BCUT2D eigenvalue weighted by atomic mass is 32.3. The number of rotatable bonds is 2. The summed E-state index contributed by atoms with van der Waals surface area (Å²) in [5.74, 6) is 0. The van der Waals surface area contributed by atoms with Gasteiger partial charge in [-0.2, -0.15) is 0 Å². The Morgan fingerprint density at radius 3 is 1.93 bits per heavy atom. The molecule has 0 bridgehead atoms. The fraction of sp³-hybridized carbons (Fsp3) is 0.455. The highest BCUT2D eigenvalue weighted by Crippen LogP contribution is 2.45. The molecule has 0 aliphatic heterocycles. The zero-order valence-corrected chi connectivity index (χ0v) is 10.4. The van der Waals surface area contributed by atoms with Gasteiger partial charge in [0.25, 0.3) is 0 Å². The maximum atomic E-state index is 9.94. The third-order valence-corrected chi connectivity index (χ3v) is 3.62. The second-order valence-electron chi connectivity index (χ2n) is 4.71. The van der Waals surface area contributed by atoms with Crippen LogP contribution in [0.2, 0.25) is 0 Å². The quantitative estimate of drug-likeness (QED) is 0.728. The number of benzene rings is 1. The first-order chi connectivity index (χ1) is 6.71. The summed E-state index contributed by atoms with van der Waals surface area (Å²) in [4.78, 5) is 0.531. The minimum absolute atomic E-state index is 0.330. The molecule has 1 rings (SSSR count). The first-order valence-electron chi connectivity index (χ1n) is 4.84. The van der Waals surface area contributed by atoms with E-state index in [0.29, 0.717) is 4.90 Å². The van der Waals surface area contributed by atoms with Crippen molar-refractivity contribution in [3.8, 4) is 0 Å². The van der Waals surface area contributed by atoms with Crippen molar-refractivity contribution in [3.63, 3.8) is 0 Å². The van der Waals surface area contributed by atoms with E-state index in [1.807, 2.05) is 39.8 Å². The summed E-state index contributed by atoms with van der Waals surface area (Å²) in [6.07, 6.45) is 0. The fourth-order valence-corrected chi connectivity index (χ4v) is 2.70. The van der Waals surface area contributed by atoms with Crippen LogP contribution in [0.3, 0.4) is 0 Å².